The standard InChI is InChI=1S/C13H15N5O3/c14-12(9-4-2-1-3-5-9)13(21)15-6-10-7-18(17-16-10)8-11(19)20/h1-5,7,12H,6,8,14H2,(H,15,21)(H,19,20). The number of carboxylic acids is 1. The van der Waals surface area contributed by atoms with Crippen molar-refractivity contribution < 1.29 is 14.7 Å². The normalized spacial score (nSPS) is 11.9. The Kier molecular flexibility index (Phi) is 4.62. The molecule has 0 bridgehead atoms. The van der Waals surface area contributed by atoms with Crippen LogP contribution in [0.3, 0.4) is 0 Å². The number of amides is 1. The molecule has 4 N–H and O–H groups in total. The van der Waals surface area contributed by atoms with Crippen molar-refractivity contribution in [2.24, 2.45) is 5.73 Å². The van der Waals surface area contributed by atoms with Gasteiger partial charge in [0.05, 0.1) is 12.7 Å². The van der Waals surface area contributed by atoms with E-state index < -0.39 is 12.0 Å². The van der Waals surface area contributed by atoms with Gasteiger partial charge in [0.25, 0.3) is 0 Å². The van der Waals surface area contributed by atoms with Crippen molar-refractivity contribution in [2.45, 2.75) is 19.1 Å². The quantitative estimate of drug-likeness (QED) is 0.669. The minimum atomic E-state index is -1.01. The molecule has 0 spiro atoms. The van der Waals surface area contributed by atoms with E-state index >= 15 is 0 Å². The van der Waals surface area contributed by atoms with Crippen molar-refractivity contribution in [3.63, 3.8) is 0 Å². The average molecular weight is 289 g/mol. The third kappa shape index (κ3) is 4.11. The highest BCUT2D eigenvalue weighted by molar-refractivity contribution is 5.82. The highest BCUT2D eigenvalue weighted by Crippen LogP contribution is 2.09. The lowest BCUT2D eigenvalue weighted by molar-refractivity contribution is -0.138. The lowest BCUT2D eigenvalue weighted by Gasteiger charge is -2.11. The van der Waals surface area contributed by atoms with E-state index in [9.17, 15) is 9.59 Å². The van der Waals surface area contributed by atoms with Crippen molar-refractivity contribution in [1.29, 1.82) is 0 Å². The zero-order valence-corrected chi connectivity index (χ0v) is 11.1. The van der Waals surface area contributed by atoms with Crippen LogP contribution in [0.15, 0.2) is 36.5 Å². The average Bonchev–Trinajstić information content (AvgIpc) is 2.91. The minimum absolute atomic E-state index is 0.138. The number of aromatic nitrogens is 3. The van der Waals surface area contributed by atoms with E-state index in [1.807, 2.05) is 6.07 Å². The molecule has 0 fully saturated rings. The number of carboxylic acid groups (broad SMARTS) is 1. The van der Waals surface area contributed by atoms with Crippen LogP contribution < -0.4 is 11.1 Å². The van der Waals surface area contributed by atoms with E-state index in [0.29, 0.717) is 11.3 Å². The van der Waals surface area contributed by atoms with Gasteiger partial charge < -0.3 is 16.2 Å². The maximum atomic E-state index is 11.9. The minimum Gasteiger partial charge on any atom is -0.480 e. The van der Waals surface area contributed by atoms with Gasteiger partial charge >= 0.3 is 5.97 Å². The highest BCUT2D eigenvalue weighted by Gasteiger charge is 2.15. The molecule has 0 saturated carbocycles. The molecule has 8 nitrogen and oxygen atoms in total. The number of carbonyl (C=O) groups excluding carboxylic acids is 1. The van der Waals surface area contributed by atoms with Crippen LogP contribution in [0.1, 0.15) is 17.3 Å². The lowest BCUT2D eigenvalue weighted by atomic mass is 10.1. The largest absolute Gasteiger partial charge is 0.480 e. The molecule has 1 aromatic carbocycles. The SMILES string of the molecule is NC(C(=O)NCc1cn(CC(=O)O)nn1)c1ccccc1. The van der Waals surface area contributed by atoms with E-state index in [1.54, 1.807) is 24.3 Å². The molecule has 1 atom stereocenters. The molecule has 1 amide bonds. The molecule has 0 aliphatic heterocycles. The summed E-state index contributed by atoms with van der Waals surface area (Å²) in [6, 6.07) is 8.23. The summed E-state index contributed by atoms with van der Waals surface area (Å²) in [6.07, 6.45) is 1.46. The van der Waals surface area contributed by atoms with Gasteiger partial charge in [0.2, 0.25) is 5.91 Å². The molecule has 0 saturated heterocycles. The maximum absolute atomic E-state index is 11.9. The van der Waals surface area contributed by atoms with Crippen LogP contribution in [-0.2, 0) is 22.7 Å². The van der Waals surface area contributed by atoms with Gasteiger partial charge in [-0.1, -0.05) is 35.5 Å². The predicted octanol–water partition coefficient (Wildman–Crippen LogP) is -0.321. The Morgan fingerprint density at radius 1 is 1.33 bits per heavy atom. The summed E-state index contributed by atoms with van der Waals surface area (Å²) in [7, 11) is 0. The molecule has 1 unspecified atom stereocenters. The van der Waals surface area contributed by atoms with Crippen molar-refractivity contribution >= 4 is 11.9 Å². The first-order valence-electron chi connectivity index (χ1n) is 6.25. The number of nitrogens with one attached hydrogen (secondary N) is 1. The van der Waals surface area contributed by atoms with Gasteiger partial charge in [0.1, 0.15) is 18.3 Å². The smallest absolute Gasteiger partial charge is 0.325 e. The highest BCUT2D eigenvalue weighted by atomic mass is 16.4. The van der Waals surface area contributed by atoms with Gasteiger partial charge in [0, 0.05) is 0 Å². The monoisotopic (exact) mass is 289 g/mol. The second-order valence-electron chi connectivity index (χ2n) is 4.41. The number of benzene rings is 1. The van der Waals surface area contributed by atoms with Crippen molar-refractivity contribution in [3.8, 4) is 0 Å². The zero-order valence-electron chi connectivity index (χ0n) is 11.1. The molecule has 21 heavy (non-hydrogen) atoms. The predicted molar refractivity (Wildman–Crippen MR) is 72.9 cm³/mol. The number of hydrogen-bond donors (Lipinski definition) is 3. The number of aliphatic carboxylic acids is 1. The van der Waals surface area contributed by atoms with Crippen molar-refractivity contribution in [2.75, 3.05) is 0 Å². The molecule has 2 rings (SSSR count). The van der Waals surface area contributed by atoms with Crippen molar-refractivity contribution in [1.82, 2.24) is 20.3 Å². The summed E-state index contributed by atoms with van der Waals surface area (Å²) in [6.45, 7) is -0.135. The first-order chi connectivity index (χ1) is 10.1. The molecule has 2 aromatic rings. The number of carbonyl (C=O) groups is 2. The third-order valence-corrected chi connectivity index (χ3v) is 2.77. The van der Waals surface area contributed by atoms with E-state index in [4.69, 9.17) is 10.8 Å². The van der Waals surface area contributed by atoms with Crippen LogP contribution in [0.5, 0.6) is 0 Å². The van der Waals surface area contributed by atoms with E-state index in [0.717, 1.165) is 0 Å². The van der Waals surface area contributed by atoms with E-state index in [2.05, 4.69) is 15.6 Å². The summed E-state index contributed by atoms with van der Waals surface area (Å²) in [4.78, 5) is 22.4. The molecule has 0 radical (unpaired) electrons. The maximum Gasteiger partial charge on any atom is 0.325 e. The van der Waals surface area contributed by atoms with Gasteiger partial charge in [-0.05, 0) is 5.56 Å². The molecule has 1 aromatic heterocycles. The molecular weight excluding hydrogens is 274 g/mol. The van der Waals surface area contributed by atoms with Gasteiger partial charge in [0.15, 0.2) is 0 Å². The van der Waals surface area contributed by atoms with Crippen LogP contribution >= 0.6 is 0 Å². The summed E-state index contributed by atoms with van der Waals surface area (Å²) >= 11 is 0. The Bertz CT molecular complexity index is 626. The number of hydrogen-bond acceptors (Lipinski definition) is 5. The van der Waals surface area contributed by atoms with Crippen molar-refractivity contribution in [3.05, 3.63) is 47.8 Å². The molecule has 0 aliphatic rings. The Balaban J connectivity index is 1.89. The van der Waals surface area contributed by atoms with Crippen LogP contribution in [0.4, 0.5) is 0 Å². The Morgan fingerprint density at radius 3 is 2.71 bits per heavy atom. The first-order valence-corrected chi connectivity index (χ1v) is 6.25. The van der Waals surface area contributed by atoms with E-state index in [1.165, 1.54) is 10.9 Å². The molecule has 0 aliphatic carbocycles. The van der Waals surface area contributed by atoms with Gasteiger partial charge in [-0.25, -0.2) is 4.68 Å². The van der Waals surface area contributed by atoms with E-state index in [-0.39, 0.29) is 19.0 Å². The summed E-state index contributed by atoms with van der Waals surface area (Å²) < 4.78 is 1.18. The van der Waals surface area contributed by atoms with Crippen LogP contribution in [0.2, 0.25) is 0 Å². The Morgan fingerprint density at radius 2 is 2.05 bits per heavy atom. The number of rotatable bonds is 6. The summed E-state index contributed by atoms with van der Waals surface area (Å²) in [5.41, 5.74) is 7.02. The topological polar surface area (TPSA) is 123 Å². The molecule has 1 heterocycles. The Hall–Kier alpha value is -2.74. The fourth-order valence-electron chi connectivity index (χ4n) is 1.73. The second kappa shape index (κ2) is 6.62. The molecule has 8 heteroatoms. The molecular formula is C13H15N5O3. The second-order valence-corrected chi connectivity index (χ2v) is 4.41. The number of nitrogens with zero attached hydrogens (tertiary/aromatic N) is 3. The fraction of sp³-hybridized carbons (Fsp3) is 0.231. The van der Waals surface area contributed by atoms with Crippen LogP contribution in [-0.4, -0.2) is 32.0 Å². The Labute approximate surface area is 120 Å². The van der Waals surface area contributed by atoms with Gasteiger partial charge in [-0.15, -0.1) is 5.10 Å². The lowest BCUT2D eigenvalue weighted by Crippen LogP contribution is -2.33. The van der Waals surface area contributed by atoms with Gasteiger partial charge in [-0.2, -0.15) is 0 Å². The summed E-state index contributed by atoms with van der Waals surface area (Å²) in [5, 5.41) is 18.7. The first kappa shape index (κ1) is 14.7. The fourth-order valence-corrected chi connectivity index (χ4v) is 1.73. The van der Waals surface area contributed by atoms with Gasteiger partial charge in [-0.3, -0.25) is 9.59 Å². The number of nitrogens with two attached hydrogens (primary N) is 1. The summed E-state index contributed by atoms with van der Waals surface area (Å²) in [5.74, 6) is -1.35. The van der Waals surface area contributed by atoms with Crippen LogP contribution in [0, 0.1) is 0 Å². The zero-order chi connectivity index (χ0) is 15.2. The molecule has 110 valence electrons. The third-order valence-electron chi connectivity index (χ3n) is 2.77. The van der Waals surface area contributed by atoms with Crippen LogP contribution in [0.25, 0.3) is 0 Å².